The third-order valence-corrected chi connectivity index (χ3v) is 2.08. The summed E-state index contributed by atoms with van der Waals surface area (Å²) >= 11 is 0. The van der Waals surface area contributed by atoms with E-state index in [9.17, 15) is 14.0 Å². The minimum atomic E-state index is -1.23. The predicted octanol–water partition coefficient (Wildman–Crippen LogP) is 1.00. The lowest BCUT2D eigenvalue weighted by Crippen LogP contribution is -2.19. The summed E-state index contributed by atoms with van der Waals surface area (Å²) in [6.45, 7) is 0. The number of H-pyrrole nitrogens is 1. The third kappa shape index (κ3) is 1.60. The zero-order chi connectivity index (χ0) is 11.7. The first-order valence-corrected chi connectivity index (χ1v) is 4.39. The Morgan fingerprint density at radius 1 is 1.31 bits per heavy atom. The summed E-state index contributed by atoms with van der Waals surface area (Å²) in [4.78, 5) is 24.5. The highest BCUT2D eigenvalue weighted by Crippen LogP contribution is 2.09. The molecule has 1 aromatic carbocycles. The number of nitrogens with zero attached hydrogens (tertiary/aromatic N) is 1. The van der Waals surface area contributed by atoms with Gasteiger partial charge >= 0.3 is 11.7 Å². The highest BCUT2D eigenvalue weighted by atomic mass is 19.1. The Kier molecular flexibility index (Phi) is 2.32. The van der Waals surface area contributed by atoms with E-state index in [4.69, 9.17) is 5.11 Å². The monoisotopic (exact) mass is 222 g/mol. The zero-order valence-electron chi connectivity index (χ0n) is 7.98. The van der Waals surface area contributed by atoms with Crippen molar-refractivity contribution in [1.29, 1.82) is 0 Å². The molecule has 0 saturated carbocycles. The molecule has 1 aromatic heterocycles. The SMILES string of the molecule is O=C(O)c1c[nH]c(=O)n1-c1ccc(F)cc1. The van der Waals surface area contributed by atoms with Crippen molar-refractivity contribution in [2.75, 3.05) is 0 Å². The Morgan fingerprint density at radius 3 is 2.50 bits per heavy atom. The van der Waals surface area contributed by atoms with E-state index in [1.807, 2.05) is 0 Å². The third-order valence-electron chi connectivity index (χ3n) is 2.08. The van der Waals surface area contributed by atoms with E-state index < -0.39 is 17.5 Å². The molecule has 0 radical (unpaired) electrons. The molecule has 0 amide bonds. The lowest BCUT2D eigenvalue weighted by Gasteiger charge is -2.03. The van der Waals surface area contributed by atoms with Crippen LogP contribution in [0.4, 0.5) is 4.39 Å². The van der Waals surface area contributed by atoms with Crippen LogP contribution in [0.25, 0.3) is 5.69 Å². The molecule has 2 N–H and O–H groups in total. The van der Waals surface area contributed by atoms with Crippen molar-refractivity contribution in [3.8, 4) is 5.69 Å². The minimum absolute atomic E-state index is 0.198. The Bertz CT molecular complexity index is 583. The van der Waals surface area contributed by atoms with Crippen molar-refractivity contribution in [2.45, 2.75) is 0 Å². The van der Waals surface area contributed by atoms with Gasteiger partial charge in [-0.25, -0.2) is 14.0 Å². The van der Waals surface area contributed by atoms with E-state index in [-0.39, 0.29) is 5.69 Å². The van der Waals surface area contributed by atoms with E-state index in [1.54, 1.807) is 0 Å². The second-order valence-electron chi connectivity index (χ2n) is 3.10. The van der Waals surface area contributed by atoms with Crippen LogP contribution in [-0.4, -0.2) is 20.6 Å². The van der Waals surface area contributed by atoms with Gasteiger partial charge in [-0.15, -0.1) is 0 Å². The number of aromatic carboxylic acids is 1. The molecule has 0 aliphatic rings. The van der Waals surface area contributed by atoms with Gasteiger partial charge in [0, 0.05) is 6.20 Å². The van der Waals surface area contributed by atoms with Crippen molar-refractivity contribution < 1.29 is 14.3 Å². The standard InChI is InChI=1S/C10H7FN2O3/c11-6-1-3-7(4-2-6)13-8(9(14)15)5-12-10(13)16/h1-5H,(H,12,16)(H,14,15). The number of carboxylic acids is 1. The molecule has 1 heterocycles. The van der Waals surface area contributed by atoms with Gasteiger partial charge in [0.05, 0.1) is 5.69 Å². The maximum Gasteiger partial charge on any atom is 0.354 e. The number of carbonyl (C=O) groups is 1. The van der Waals surface area contributed by atoms with Gasteiger partial charge in [0.1, 0.15) is 5.82 Å². The highest BCUT2D eigenvalue weighted by molar-refractivity contribution is 5.86. The molecular formula is C10H7FN2O3. The van der Waals surface area contributed by atoms with Crippen LogP contribution in [0, 0.1) is 5.82 Å². The Hall–Kier alpha value is -2.37. The molecule has 2 rings (SSSR count). The molecule has 0 fully saturated rings. The minimum Gasteiger partial charge on any atom is -0.477 e. The molecule has 2 aromatic rings. The average Bonchev–Trinajstić information content (AvgIpc) is 2.62. The van der Waals surface area contributed by atoms with E-state index in [0.29, 0.717) is 5.69 Å². The summed E-state index contributed by atoms with van der Waals surface area (Å²) in [7, 11) is 0. The van der Waals surface area contributed by atoms with Gasteiger partial charge in [0.25, 0.3) is 0 Å². The lowest BCUT2D eigenvalue weighted by molar-refractivity contribution is 0.0688. The number of carboxylic acid groups (broad SMARTS) is 1. The van der Waals surface area contributed by atoms with Crippen LogP contribution in [0.2, 0.25) is 0 Å². The number of halogens is 1. The zero-order valence-corrected chi connectivity index (χ0v) is 7.98. The predicted molar refractivity (Wildman–Crippen MR) is 53.3 cm³/mol. The summed E-state index contributed by atoms with van der Waals surface area (Å²) < 4.78 is 13.6. The maximum atomic E-state index is 12.7. The molecule has 0 saturated heterocycles. The van der Waals surface area contributed by atoms with E-state index in [1.165, 1.54) is 12.1 Å². The number of nitrogens with one attached hydrogen (secondary N) is 1. The number of rotatable bonds is 2. The molecule has 6 heteroatoms. The first-order chi connectivity index (χ1) is 7.59. The normalized spacial score (nSPS) is 10.3. The van der Waals surface area contributed by atoms with Gasteiger partial charge < -0.3 is 10.1 Å². The lowest BCUT2D eigenvalue weighted by atomic mass is 10.3. The van der Waals surface area contributed by atoms with Crippen LogP contribution in [0.15, 0.2) is 35.3 Å². The van der Waals surface area contributed by atoms with Crippen LogP contribution < -0.4 is 5.69 Å². The summed E-state index contributed by atoms with van der Waals surface area (Å²) in [5, 5.41) is 8.84. The van der Waals surface area contributed by atoms with E-state index in [0.717, 1.165) is 22.9 Å². The van der Waals surface area contributed by atoms with Gasteiger partial charge in [-0.1, -0.05) is 0 Å². The fourth-order valence-electron chi connectivity index (χ4n) is 1.37. The molecule has 0 unspecified atom stereocenters. The molecule has 0 aliphatic heterocycles. The highest BCUT2D eigenvalue weighted by Gasteiger charge is 2.14. The van der Waals surface area contributed by atoms with Gasteiger partial charge in [-0.05, 0) is 24.3 Å². The van der Waals surface area contributed by atoms with Gasteiger partial charge in [0.2, 0.25) is 0 Å². The number of hydrogen-bond acceptors (Lipinski definition) is 2. The molecule has 5 nitrogen and oxygen atoms in total. The molecule has 82 valence electrons. The van der Waals surface area contributed by atoms with Gasteiger partial charge in [0.15, 0.2) is 5.69 Å². The summed E-state index contributed by atoms with van der Waals surface area (Å²) in [5.41, 5.74) is -0.481. The van der Waals surface area contributed by atoms with Crippen molar-refractivity contribution in [3.63, 3.8) is 0 Å². The molecule has 16 heavy (non-hydrogen) atoms. The number of aromatic amines is 1. The molecular weight excluding hydrogens is 215 g/mol. The molecule has 0 aliphatic carbocycles. The van der Waals surface area contributed by atoms with Crippen molar-refractivity contribution in [2.24, 2.45) is 0 Å². The summed E-state index contributed by atoms with van der Waals surface area (Å²) in [5.74, 6) is -1.69. The quantitative estimate of drug-likeness (QED) is 0.796. The molecule has 0 bridgehead atoms. The summed E-state index contributed by atoms with van der Waals surface area (Å²) in [6.07, 6.45) is 1.09. The van der Waals surface area contributed by atoms with E-state index in [2.05, 4.69) is 4.98 Å². The van der Waals surface area contributed by atoms with Crippen LogP contribution in [0.1, 0.15) is 10.5 Å². The summed E-state index contributed by atoms with van der Waals surface area (Å²) in [6, 6.07) is 4.97. The number of imidazole rings is 1. The van der Waals surface area contributed by atoms with Crippen LogP contribution in [-0.2, 0) is 0 Å². The van der Waals surface area contributed by atoms with Gasteiger partial charge in [-0.2, -0.15) is 0 Å². The second kappa shape index (κ2) is 3.65. The Balaban J connectivity index is 2.63. The molecule has 0 spiro atoms. The van der Waals surface area contributed by atoms with Crippen molar-refractivity contribution in [1.82, 2.24) is 9.55 Å². The van der Waals surface area contributed by atoms with Crippen LogP contribution >= 0.6 is 0 Å². The molecule has 0 atom stereocenters. The Labute approximate surface area is 88.8 Å². The maximum absolute atomic E-state index is 12.7. The van der Waals surface area contributed by atoms with Crippen LogP contribution in [0.3, 0.4) is 0 Å². The largest absolute Gasteiger partial charge is 0.477 e. The number of benzene rings is 1. The number of aromatic nitrogens is 2. The Morgan fingerprint density at radius 2 is 1.94 bits per heavy atom. The average molecular weight is 222 g/mol. The first kappa shape index (κ1) is 10.2. The topological polar surface area (TPSA) is 75.1 Å². The van der Waals surface area contributed by atoms with E-state index >= 15 is 0 Å². The van der Waals surface area contributed by atoms with Crippen molar-refractivity contribution >= 4 is 5.97 Å². The fourth-order valence-corrected chi connectivity index (χ4v) is 1.37. The number of hydrogen-bond donors (Lipinski definition) is 2. The first-order valence-electron chi connectivity index (χ1n) is 4.39. The smallest absolute Gasteiger partial charge is 0.354 e. The second-order valence-corrected chi connectivity index (χ2v) is 3.10. The fraction of sp³-hybridized carbons (Fsp3) is 0. The van der Waals surface area contributed by atoms with Gasteiger partial charge in [-0.3, -0.25) is 4.57 Å². The van der Waals surface area contributed by atoms with Crippen LogP contribution in [0.5, 0.6) is 0 Å². The van der Waals surface area contributed by atoms with Crippen molar-refractivity contribution in [3.05, 3.63) is 52.5 Å².